The number of methoxy groups -OCH3 is 2. The van der Waals surface area contributed by atoms with Crippen molar-refractivity contribution in [1.82, 2.24) is 0 Å². The lowest BCUT2D eigenvalue weighted by Gasteiger charge is -2.14. The topological polar surface area (TPSA) is 84.9 Å². The van der Waals surface area contributed by atoms with Crippen LogP contribution in [0, 0.1) is 0 Å². The van der Waals surface area contributed by atoms with Crippen LogP contribution in [0.5, 0.6) is 11.5 Å². The highest BCUT2D eigenvalue weighted by atomic mass is 16.5. The lowest BCUT2D eigenvalue weighted by atomic mass is 10.1. The molecular weight excluding hydrogens is 336 g/mol. The van der Waals surface area contributed by atoms with Crippen molar-refractivity contribution in [2.75, 3.05) is 24.4 Å². The lowest BCUT2D eigenvalue weighted by Crippen LogP contribution is -2.28. The molecule has 0 aliphatic carbocycles. The Hall–Kier alpha value is -3.35. The van der Waals surface area contributed by atoms with Crippen molar-refractivity contribution in [3.63, 3.8) is 0 Å². The third-order valence-electron chi connectivity index (χ3n) is 4.10. The SMILES string of the molecule is COc1ccc(NC(=O)c2ccc(N3C(=O)CCC3=O)cc2)c(OC)c1. The van der Waals surface area contributed by atoms with Crippen molar-refractivity contribution < 1.29 is 23.9 Å². The summed E-state index contributed by atoms with van der Waals surface area (Å²) >= 11 is 0. The van der Waals surface area contributed by atoms with Gasteiger partial charge < -0.3 is 14.8 Å². The average Bonchev–Trinajstić information content (AvgIpc) is 3.00. The van der Waals surface area contributed by atoms with E-state index >= 15 is 0 Å². The molecular formula is C19H18N2O5. The molecule has 7 heteroatoms. The fraction of sp³-hybridized carbons (Fsp3) is 0.211. The second kappa shape index (κ2) is 7.26. The van der Waals surface area contributed by atoms with Crippen LogP contribution in [0.25, 0.3) is 0 Å². The third-order valence-corrected chi connectivity index (χ3v) is 4.10. The van der Waals surface area contributed by atoms with E-state index in [9.17, 15) is 14.4 Å². The molecule has 3 rings (SSSR count). The molecule has 0 atom stereocenters. The first kappa shape index (κ1) is 17.5. The van der Waals surface area contributed by atoms with Crippen LogP contribution in [0.15, 0.2) is 42.5 Å². The van der Waals surface area contributed by atoms with E-state index in [2.05, 4.69) is 5.32 Å². The maximum Gasteiger partial charge on any atom is 0.255 e. The minimum atomic E-state index is -0.334. The van der Waals surface area contributed by atoms with E-state index in [-0.39, 0.29) is 30.6 Å². The number of nitrogens with zero attached hydrogens (tertiary/aromatic N) is 1. The van der Waals surface area contributed by atoms with Crippen LogP contribution in [0.2, 0.25) is 0 Å². The highest BCUT2D eigenvalue weighted by Crippen LogP contribution is 2.29. The van der Waals surface area contributed by atoms with Crippen LogP contribution in [0.1, 0.15) is 23.2 Å². The minimum Gasteiger partial charge on any atom is -0.497 e. The maximum atomic E-state index is 12.5. The molecule has 0 bridgehead atoms. The van der Waals surface area contributed by atoms with Gasteiger partial charge in [0.15, 0.2) is 0 Å². The number of amides is 3. The molecule has 134 valence electrons. The molecule has 0 unspecified atom stereocenters. The van der Waals surface area contributed by atoms with Crippen molar-refractivity contribution in [3.8, 4) is 11.5 Å². The number of imide groups is 1. The van der Waals surface area contributed by atoms with Gasteiger partial charge in [0.2, 0.25) is 11.8 Å². The second-order valence-electron chi connectivity index (χ2n) is 5.69. The Labute approximate surface area is 150 Å². The first-order chi connectivity index (χ1) is 12.5. The first-order valence-corrected chi connectivity index (χ1v) is 8.02. The highest BCUT2D eigenvalue weighted by Gasteiger charge is 2.30. The van der Waals surface area contributed by atoms with Crippen LogP contribution in [0.4, 0.5) is 11.4 Å². The Morgan fingerprint density at radius 1 is 0.962 bits per heavy atom. The van der Waals surface area contributed by atoms with Crippen molar-refractivity contribution >= 4 is 29.1 Å². The largest absolute Gasteiger partial charge is 0.497 e. The summed E-state index contributed by atoms with van der Waals surface area (Å²) in [6.45, 7) is 0. The van der Waals surface area contributed by atoms with Gasteiger partial charge in [-0.25, -0.2) is 0 Å². The summed E-state index contributed by atoms with van der Waals surface area (Å²) in [6.07, 6.45) is 0.441. The van der Waals surface area contributed by atoms with Crippen LogP contribution in [-0.4, -0.2) is 31.9 Å². The summed E-state index contributed by atoms with van der Waals surface area (Å²) in [6, 6.07) is 11.4. The van der Waals surface area contributed by atoms with Gasteiger partial charge in [-0.05, 0) is 36.4 Å². The molecule has 0 spiro atoms. The summed E-state index contributed by atoms with van der Waals surface area (Å²) in [4.78, 5) is 37.1. The van der Waals surface area contributed by atoms with Crippen molar-refractivity contribution in [3.05, 3.63) is 48.0 Å². The van der Waals surface area contributed by atoms with E-state index in [4.69, 9.17) is 9.47 Å². The number of carbonyl (C=O) groups is 3. The number of hydrogen-bond acceptors (Lipinski definition) is 5. The van der Waals surface area contributed by atoms with E-state index in [1.165, 1.54) is 7.11 Å². The van der Waals surface area contributed by atoms with E-state index in [1.54, 1.807) is 49.6 Å². The van der Waals surface area contributed by atoms with Gasteiger partial charge in [-0.1, -0.05) is 0 Å². The zero-order chi connectivity index (χ0) is 18.7. The Morgan fingerprint density at radius 2 is 1.62 bits per heavy atom. The monoisotopic (exact) mass is 354 g/mol. The zero-order valence-corrected chi connectivity index (χ0v) is 14.4. The van der Waals surface area contributed by atoms with Crippen LogP contribution in [-0.2, 0) is 9.59 Å². The summed E-state index contributed by atoms with van der Waals surface area (Å²) in [5.74, 6) is 0.302. The summed E-state index contributed by atoms with van der Waals surface area (Å²) in [5, 5.41) is 2.77. The average molecular weight is 354 g/mol. The van der Waals surface area contributed by atoms with E-state index in [0.717, 1.165) is 4.90 Å². The molecule has 7 nitrogen and oxygen atoms in total. The third kappa shape index (κ3) is 3.37. The van der Waals surface area contributed by atoms with Crippen molar-refractivity contribution in [1.29, 1.82) is 0 Å². The van der Waals surface area contributed by atoms with E-state index < -0.39 is 0 Å². The molecule has 2 aromatic carbocycles. The van der Waals surface area contributed by atoms with Crippen LogP contribution in [0.3, 0.4) is 0 Å². The van der Waals surface area contributed by atoms with Gasteiger partial charge in [-0.3, -0.25) is 19.3 Å². The molecule has 2 aromatic rings. The lowest BCUT2D eigenvalue weighted by molar-refractivity contribution is -0.121. The zero-order valence-electron chi connectivity index (χ0n) is 14.4. The fourth-order valence-electron chi connectivity index (χ4n) is 2.72. The number of ether oxygens (including phenoxy) is 2. The minimum absolute atomic E-state index is 0.221. The maximum absolute atomic E-state index is 12.5. The molecule has 0 radical (unpaired) electrons. The molecule has 1 aliphatic heterocycles. The summed E-state index contributed by atoms with van der Waals surface area (Å²) < 4.78 is 10.4. The van der Waals surface area contributed by atoms with E-state index in [0.29, 0.717) is 28.4 Å². The van der Waals surface area contributed by atoms with Crippen molar-refractivity contribution in [2.45, 2.75) is 12.8 Å². The number of nitrogens with one attached hydrogen (secondary N) is 1. The fourth-order valence-corrected chi connectivity index (χ4v) is 2.72. The summed E-state index contributed by atoms with van der Waals surface area (Å²) in [7, 11) is 3.05. The second-order valence-corrected chi connectivity index (χ2v) is 5.69. The number of rotatable bonds is 5. The molecule has 1 fully saturated rings. The quantitative estimate of drug-likeness (QED) is 0.835. The predicted molar refractivity (Wildman–Crippen MR) is 95.7 cm³/mol. The normalized spacial score (nSPS) is 13.7. The molecule has 1 aliphatic rings. The number of benzene rings is 2. The van der Waals surface area contributed by atoms with Gasteiger partial charge >= 0.3 is 0 Å². The number of hydrogen-bond donors (Lipinski definition) is 1. The molecule has 0 saturated carbocycles. The molecule has 1 saturated heterocycles. The highest BCUT2D eigenvalue weighted by molar-refractivity contribution is 6.20. The molecule has 1 N–H and O–H groups in total. The predicted octanol–water partition coefficient (Wildman–Crippen LogP) is 2.61. The Kier molecular flexibility index (Phi) is 4.88. The summed E-state index contributed by atoms with van der Waals surface area (Å²) in [5.41, 5.74) is 1.37. The molecule has 26 heavy (non-hydrogen) atoms. The van der Waals surface area contributed by atoms with Gasteiger partial charge in [0.25, 0.3) is 5.91 Å². The standard InChI is InChI=1S/C19H18N2O5/c1-25-14-7-8-15(16(11-14)26-2)20-19(24)12-3-5-13(6-4-12)21-17(22)9-10-18(21)23/h3-8,11H,9-10H2,1-2H3,(H,20,24). The molecule has 1 heterocycles. The Balaban J connectivity index is 1.77. The molecule has 3 amide bonds. The van der Waals surface area contributed by atoms with Crippen LogP contribution < -0.4 is 19.7 Å². The molecule has 0 aromatic heterocycles. The van der Waals surface area contributed by atoms with Gasteiger partial charge in [-0.15, -0.1) is 0 Å². The first-order valence-electron chi connectivity index (χ1n) is 8.02. The van der Waals surface area contributed by atoms with Gasteiger partial charge in [0, 0.05) is 24.5 Å². The number of anilines is 2. The number of carbonyl (C=O) groups excluding carboxylic acids is 3. The van der Waals surface area contributed by atoms with Crippen LogP contribution >= 0.6 is 0 Å². The Morgan fingerprint density at radius 3 is 2.19 bits per heavy atom. The van der Waals surface area contributed by atoms with Gasteiger partial charge in [0.05, 0.1) is 25.6 Å². The van der Waals surface area contributed by atoms with Crippen molar-refractivity contribution in [2.24, 2.45) is 0 Å². The Bertz CT molecular complexity index is 845. The van der Waals surface area contributed by atoms with E-state index in [1.807, 2.05) is 0 Å². The smallest absolute Gasteiger partial charge is 0.255 e. The van der Waals surface area contributed by atoms with Gasteiger partial charge in [-0.2, -0.15) is 0 Å². The van der Waals surface area contributed by atoms with Gasteiger partial charge in [0.1, 0.15) is 11.5 Å².